The van der Waals surface area contributed by atoms with E-state index in [4.69, 9.17) is 23.7 Å². The van der Waals surface area contributed by atoms with E-state index in [-0.39, 0.29) is 17.9 Å². The standard InChI is InChI=1S/C22H24O9/c1-27-16-9-13(5-7-15(16)23)6-8-20(24)31-19(22(25)26)12-14-10-17(28-2)21(30-4)18(11-14)29-3/h5-11,19,23H,12H2,1-4H3,(H,25,26)/b8-6+. The molecule has 9 nitrogen and oxygen atoms in total. The maximum atomic E-state index is 12.2. The minimum absolute atomic E-state index is 0.0430. The summed E-state index contributed by atoms with van der Waals surface area (Å²) in [5.41, 5.74) is 1.07. The number of ether oxygens (including phenoxy) is 5. The Morgan fingerprint density at radius 2 is 1.55 bits per heavy atom. The second-order valence-corrected chi connectivity index (χ2v) is 6.27. The molecular weight excluding hydrogens is 408 g/mol. The zero-order valence-electron chi connectivity index (χ0n) is 17.6. The van der Waals surface area contributed by atoms with Crippen molar-refractivity contribution in [2.24, 2.45) is 0 Å². The molecule has 0 amide bonds. The van der Waals surface area contributed by atoms with Crippen LogP contribution in [0.1, 0.15) is 11.1 Å². The fourth-order valence-corrected chi connectivity index (χ4v) is 2.79. The van der Waals surface area contributed by atoms with Crippen molar-refractivity contribution in [3.05, 3.63) is 47.5 Å². The summed E-state index contributed by atoms with van der Waals surface area (Å²) in [7, 11) is 5.74. The number of benzene rings is 2. The second kappa shape index (κ2) is 10.8. The molecule has 0 aliphatic rings. The zero-order valence-corrected chi connectivity index (χ0v) is 17.6. The Kier molecular flexibility index (Phi) is 8.13. The third-order valence-electron chi connectivity index (χ3n) is 4.30. The molecule has 0 heterocycles. The summed E-state index contributed by atoms with van der Waals surface area (Å²) in [5.74, 6) is -0.875. The number of carboxylic acids is 1. The first kappa shape index (κ1) is 23.4. The minimum atomic E-state index is -1.44. The number of hydrogen-bond donors (Lipinski definition) is 2. The van der Waals surface area contributed by atoms with Gasteiger partial charge in [0.05, 0.1) is 28.4 Å². The van der Waals surface area contributed by atoms with Crippen LogP contribution in [0.15, 0.2) is 36.4 Å². The van der Waals surface area contributed by atoms with Crippen LogP contribution >= 0.6 is 0 Å². The van der Waals surface area contributed by atoms with Crippen LogP contribution in [0.2, 0.25) is 0 Å². The summed E-state index contributed by atoms with van der Waals surface area (Å²) in [5, 5.41) is 19.1. The summed E-state index contributed by atoms with van der Waals surface area (Å²) < 4.78 is 25.9. The van der Waals surface area contributed by atoms with Crippen LogP contribution in [0.5, 0.6) is 28.7 Å². The number of rotatable bonds is 10. The first-order chi connectivity index (χ1) is 14.8. The molecule has 0 aliphatic carbocycles. The van der Waals surface area contributed by atoms with Gasteiger partial charge in [0, 0.05) is 12.5 Å². The van der Waals surface area contributed by atoms with E-state index < -0.39 is 18.0 Å². The van der Waals surface area contributed by atoms with Crippen molar-refractivity contribution < 1.29 is 43.5 Å². The first-order valence-corrected chi connectivity index (χ1v) is 9.10. The average molecular weight is 432 g/mol. The van der Waals surface area contributed by atoms with Crippen molar-refractivity contribution in [3.63, 3.8) is 0 Å². The summed E-state index contributed by atoms with van der Waals surface area (Å²) in [4.78, 5) is 23.8. The summed E-state index contributed by atoms with van der Waals surface area (Å²) >= 11 is 0. The van der Waals surface area contributed by atoms with Crippen molar-refractivity contribution in [1.29, 1.82) is 0 Å². The second-order valence-electron chi connectivity index (χ2n) is 6.27. The Hall–Kier alpha value is -3.88. The highest BCUT2D eigenvalue weighted by molar-refractivity contribution is 5.89. The number of aromatic hydroxyl groups is 1. The smallest absolute Gasteiger partial charge is 0.345 e. The molecule has 1 unspecified atom stereocenters. The number of carboxylic acid groups (broad SMARTS) is 1. The molecule has 2 aromatic rings. The summed E-state index contributed by atoms with van der Waals surface area (Å²) in [6.45, 7) is 0. The number of hydrogen-bond acceptors (Lipinski definition) is 8. The third-order valence-corrected chi connectivity index (χ3v) is 4.30. The number of aliphatic carboxylic acids is 1. The van der Waals surface area contributed by atoms with Crippen LogP contribution < -0.4 is 18.9 Å². The Morgan fingerprint density at radius 1 is 0.935 bits per heavy atom. The van der Waals surface area contributed by atoms with Crippen molar-refractivity contribution in [2.75, 3.05) is 28.4 Å². The molecule has 0 saturated heterocycles. The van der Waals surface area contributed by atoms with Crippen LogP contribution in [0, 0.1) is 0 Å². The monoisotopic (exact) mass is 432 g/mol. The van der Waals surface area contributed by atoms with Gasteiger partial charge in [0.15, 0.2) is 23.0 Å². The number of phenols is 1. The van der Waals surface area contributed by atoms with E-state index in [1.165, 1.54) is 46.6 Å². The molecule has 0 saturated carbocycles. The van der Waals surface area contributed by atoms with Crippen molar-refractivity contribution in [1.82, 2.24) is 0 Å². The predicted octanol–water partition coefficient (Wildman–Crippen LogP) is 2.68. The SMILES string of the molecule is COc1cc(/C=C/C(=O)OC(Cc2cc(OC)c(OC)c(OC)c2)C(=O)O)ccc1O. The van der Waals surface area contributed by atoms with E-state index in [9.17, 15) is 19.8 Å². The van der Waals surface area contributed by atoms with Gasteiger partial charge in [-0.3, -0.25) is 0 Å². The van der Waals surface area contributed by atoms with E-state index in [0.717, 1.165) is 6.08 Å². The lowest BCUT2D eigenvalue weighted by Crippen LogP contribution is -2.28. The van der Waals surface area contributed by atoms with Crippen LogP contribution in [0.4, 0.5) is 0 Å². The highest BCUT2D eigenvalue weighted by Crippen LogP contribution is 2.38. The van der Waals surface area contributed by atoms with Crippen molar-refractivity contribution in [3.8, 4) is 28.7 Å². The molecule has 0 spiro atoms. The lowest BCUT2D eigenvalue weighted by Gasteiger charge is -2.16. The van der Waals surface area contributed by atoms with E-state index in [1.807, 2.05) is 0 Å². The number of methoxy groups -OCH3 is 4. The average Bonchev–Trinajstić information content (AvgIpc) is 2.77. The zero-order chi connectivity index (χ0) is 23.0. The maximum Gasteiger partial charge on any atom is 0.345 e. The van der Waals surface area contributed by atoms with Crippen LogP contribution in [-0.2, 0) is 20.7 Å². The van der Waals surface area contributed by atoms with Crippen LogP contribution in [0.3, 0.4) is 0 Å². The van der Waals surface area contributed by atoms with E-state index in [2.05, 4.69) is 0 Å². The van der Waals surface area contributed by atoms with Gasteiger partial charge in [-0.05, 0) is 41.5 Å². The fraction of sp³-hybridized carbons (Fsp3) is 0.273. The van der Waals surface area contributed by atoms with Gasteiger partial charge in [-0.25, -0.2) is 9.59 Å². The Balaban J connectivity index is 2.16. The molecule has 2 rings (SSSR count). The summed E-state index contributed by atoms with van der Waals surface area (Å²) in [6, 6.07) is 7.66. The quantitative estimate of drug-likeness (QED) is 0.431. The minimum Gasteiger partial charge on any atom is -0.504 e. The Labute approximate surface area is 179 Å². The van der Waals surface area contributed by atoms with Gasteiger partial charge in [-0.15, -0.1) is 0 Å². The van der Waals surface area contributed by atoms with Gasteiger partial charge in [-0.1, -0.05) is 6.07 Å². The van der Waals surface area contributed by atoms with Gasteiger partial charge >= 0.3 is 11.9 Å². The molecule has 0 radical (unpaired) electrons. The largest absolute Gasteiger partial charge is 0.504 e. The molecule has 9 heteroatoms. The predicted molar refractivity (Wildman–Crippen MR) is 111 cm³/mol. The molecular formula is C22H24O9. The van der Waals surface area contributed by atoms with Gasteiger partial charge in [-0.2, -0.15) is 0 Å². The number of carbonyl (C=O) groups excluding carboxylic acids is 1. The van der Waals surface area contributed by atoms with Gasteiger partial charge in [0.25, 0.3) is 0 Å². The van der Waals surface area contributed by atoms with Gasteiger partial charge in [0.2, 0.25) is 11.9 Å². The molecule has 1 atom stereocenters. The molecule has 2 aromatic carbocycles. The summed E-state index contributed by atoms with van der Waals surface area (Å²) in [6.07, 6.45) is 0.965. The molecule has 0 bridgehead atoms. The number of carbonyl (C=O) groups is 2. The normalized spacial score (nSPS) is 11.6. The lowest BCUT2D eigenvalue weighted by atomic mass is 10.1. The highest BCUT2D eigenvalue weighted by Gasteiger charge is 2.24. The molecule has 0 aliphatic heterocycles. The molecule has 0 aromatic heterocycles. The lowest BCUT2D eigenvalue weighted by molar-refractivity contribution is -0.160. The van der Waals surface area contributed by atoms with E-state index in [0.29, 0.717) is 28.4 Å². The van der Waals surface area contributed by atoms with Gasteiger partial charge in [0.1, 0.15) is 0 Å². The Morgan fingerprint density at radius 3 is 2.06 bits per heavy atom. The fourth-order valence-electron chi connectivity index (χ4n) is 2.79. The molecule has 2 N–H and O–H groups in total. The maximum absolute atomic E-state index is 12.2. The molecule has 31 heavy (non-hydrogen) atoms. The van der Waals surface area contributed by atoms with Crippen LogP contribution in [0.25, 0.3) is 6.08 Å². The van der Waals surface area contributed by atoms with Crippen molar-refractivity contribution >= 4 is 18.0 Å². The van der Waals surface area contributed by atoms with Gasteiger partial charge < -0.3 is 33.9 Å². The molecule has 0 fully saturated rings. The Bertz CT molecular complexity index is 940. The molecule has 166 valence electrons. The number of esters is 1. The number of phenolic OH excluding ortho intramolecular Hbond substituents is 1. The first-order valence-electron chi connectivity index (χ1n) is 9.10. The van der Waals surface area contributed by atoms with E-state index >= 15 is 0 Å². The van der Waals surface area contributed by atoms with Crippen molar-refractivity contribution in [2.45, 2.75) is 12.5 Å². The van der Waals surface area contributed by atoms with E-state index in [1.54, 1.807) is 18.2 Å². The van der Waals surface area contributed by atoms with Crippen LogP contribution in [-0.4, -0.2) is 56.7 Å². The topological polar surface area (TPSA) is 121 Å². The highest BCUT2D eigenvalue weighted by atomic mass is 16.6. The third kappa shape index (κ3) is 6.05.